The molecule has 0 N–H and O–H groups in total. The van der Waals surface area contributed by atoms with Gasteiger partial charge in [-0.2, -0.15) is 4.68 Å². The van der Waals surface area contributed by atoms with Crippen LogP contribution in [0.25, 0.3) is 0 Å². The van der Waals surface area contributed by atoms with Crippen LogP contribution in [0.2, 0.25) is 0 Å². The third-order valence-corrected chi connectivity index (χ3v) is 0.999. The van der Waals surface area contributed by atoms with Crippen LogP contribution in [0.4, 0.5) is 4.79 Å². The zero-order valence-corrected chi connectivity index (χ0v) is 7.31. The highest BCUT2D eigenvalue weighted by atomic mass is 16.6. The van der Waals surface area contributed by atoms with Crippen molar-refractivity contribution in [1.29, 1.82) is 0 Å². The minimum atomic E-state index is -0.514. The molecular formula is C7H11N3O2. The highest BCUT2D eigenvalue weighted by molar-refractivity contribution is 5.69. The molecule has 66 valence electrons. The molecule has 5 heteroatoms. The minimum Gasteiger partial charge on any atom is -0.442 e. The average Bonchev–Trinajstić information content (AvgIpc) is 2.32. The van der Waals surface area contributed by atoms with Crippen LogP contribution in [0.5, 0.6) is 0 Å². The van der Waals surface area contributed by atoms with E-state index in [1.807, 2.05) is 0 Å². The fourth-order valence-electron chi connectivity index (χ4n) is 0.611. The second kappa shape index (κ2) is 2.92. The Morgan fingerprint density at radius 2 is 2.17 bits per heavy atom. The SMILES string of the molecule is CC(C)(C)OC(=O)n1cncn1. The monoisotopic (exact) mass is 169 g/mol. The molecule has 0 radical (unpaired) electrons. The summed E-state index contributed by atoms with van der Waals surface area (Å²) in [5, 5.41) is 3.63. The van der Waals surface area contributed by atoms with Crippen molar-refractivity contribution in [2.75, 3.05) is 0 Å². The van der Waals surface area contributed by atoms with Gasteiger partial charge in [-0.15, -0.1) is 5.10 Å². The standard InChI is InChI=1S/C7H11N3O2/c1-7(2,3)12-6(11)10-5-8-4-9-10/h4-5H,1-3H3. The lowest BCUT2D eigenvalue weighted by Crippen LogP contribution is -2.27. The number of carbonyl (C=O) groups excluding carboxylic acids is 1. The second-order valence-electron chi connectivity index (χ2n) is 3.32. The summed E-state index contributed by atoms with van der Waals surface area (Å²) < 4.78 is 6.05. The van der Waals surface area contributed by atoms with Gasteiger partial charge in [-0.3, -0.25) is 0 Å². The molecule has 0 saturated carbocycles. The van der Waals surface area contributed by atoms with E-state index in [1.165, 1.54) is 12.7 Å². The van der Waals surface area contributed by atoms with Crippen molar-refractivity contribution in [2.45, 2.75) is 26.4 Å². The van der Waals surface area contributed by atoms with Gasteiger partial charge in [0.15, 0.2) is 0 Å². The summed E-state index contributed by atoms with van der Waals surface area (Å²) in [5.41, 5.74) is -0.497. The van der Waals surface area contributed by atoms with Gasteiger partial charge < -0.3 is 4.74 Å². The zero-order chi connectivity index (χ0) is 9.19. The summed E-state index contributed by atoms with van der Waals surface area (Å²) >= 11 is 0. The maximum absolute atomic E-state index is 11.2. The van der Waals surface area contributed by atoms with Gasteiger partial charge in [0.2, 0.25) is 0 Å². The quantitative estimate of drug-likeness (QED) is 0.582. The average molecular weight is 169 g/mol. The summed E-state index contributed by atoms with van der Waals surface area (Å²) in [4.78, 5) is 14.8. The van der Waals surface area contributed by atoms with Crippen molar-refractivity contribution in [3.8, 4) is 0 Å². The van der Waals surface area contributed by atoms with Crippen molar-refractivity contribution < 1.29 is 9.53 Å². The van der Waals surface area contributed by atoms with E-state index in [-0.39, 0.29) is 0 Å². The smallest absolute Gasteiger partial charge is 0.436 e. The molecule has 12 heavy (non-hydrogen) atoms. The Hall–Kier alpha value is -1.39. The third-order valence-electron chi connectivity index (χ3n) is 0.999. The van der Waals surface area contributed by atoms with Gasteiger partial charge in [0.1, 0.15) is 18.3 Å². The van der Waals surface area contributed by atoms with E-state index < -0.39 is 11.7 Å². The molecule has 1 heterocycles. The lowest BCUT2D eigenvalue weighted by molar-refractivity contribution is 0.0514. The summed E-state index contributed by atoms with van der Waals surface area (Å²) in [7, 11) is 0. The fourth-order valence-corrected chi connectivity index (χ4v) is 0.611. The molecular weight excluding hydrogens is 158 g/mol. The Labute approximate surface area is 70.4 Å². The first kappa shape index (κ1) is 8.70. The van der Waals surface area contributed by atoms with Crippen LogP contribution >= 0.6 is 0 Å². The Kier molecular flexibility index (Phi) is 2.12. The number of hydrogen-bond donors (Lipinski definition) is 0. The van der Waals surface area contributed by atoms with Gasteiger partial charge in [-0.25, -0.2) is 9.78 Å². The number of carbonyl (C=O) groups is 1. The lowest BCUT2D eigenvalue weighted by Gasteiger charge is -2.18. The fraction of sp³-hybridized carbons (Fsp3) is 0.571. The predicted molar refractivity (Wildman–Crippen MR) is 41.7 cm³/mol. The van der Waals surface area contributed by atoms with Crippen molar-refractivity contribution in [3.05, 3.63) is 12.7 Å². The van der Waals surface area contributed by atoms with Gasteiger partial charge in [-0.1, -0.05) is 0 Å². The first-order valence-electron chi connectivity index (χ1n) is 3.57. The summed E-state index contributed by atoms with van der Waals surface area (Å²) in [5.74, 6) is 0. The largest absolute Gasteiger partial charge is 0.442 e. The first-order chi connectivity index (χ1) is 5.49. The van der Waals surface area contributed by atoms with Gasteiger partial charge in [0.25, 0.3) is 0 Å². The van der Waals surface area contributed by atoms with E-state index in [0.29, 0.717) is 0 Å². The van der Waals surface area contributed by atoms with Crippen LogP contribution < -0.4 is 0 Å². The molecule has 5 nitrogen and oxygen atoms in total. The molecule has 0 unspecified atom stereocenters. The molecule has 0 aliphatic heterocycles. The number of nitrogens with zero attached hydrogens (tertiary/aromatic N) is 3. The van der Waals surface area contributed by atoms with Crippen molar-refractivity contribution >= 4 is 6.09 Å². The predicted octanol–water partition coefficient (Wildman–Crippen LogP) is 1.06. The summed E-state index contributed by atoms with van der Waals surface area (Å²) in [6.45, 7) is 5.38. The van der Waals surface area contributed by atoms with Crippen LogP contribution in [0.3, 0.4) is 0 Å². The van der Waals surface area contributed by atoms with Crippen molar-refractivity contribution in [3.63, 3.8) is 0 Å². The maximum Gasteiger partial charge on any atom is 0.436 e. The lowest BCUT2D eigenvalue weighted by atomic mass is 10.2. The van der Waals surface area contributed by atoms with Crippen molar-refractivity contribution in [2.24, 2.45) is 0 Å². The van der Waals surface area contributed by atoms with Crippen LogP contribution in [0.15, 0.2) is 12.7 Å². The van der Waals surface area contributed by atoms with Crippen LogP contribution in [0, 0.1) is 0 Å². The van der Waals surface area contributed by atoms with Gasteiger partial charge in [0, 0.05) is 0 Å². The van der Waals surface area contributed by atoms with E-state index in [4.69, 9.17) is 4.74 Å². The Morgan fingerprint density at radius 1 is 1.50 bits per heavy atom. The second-order valence-corrected chi connectivity index (χ2v) is 3.32. The van der Waals surface area contributed by atoms with Crippen molar-refractivity contribution in [1.82, 2.24) is 14.8 Å². The van der Waals surface area contributed by atoms with Gasteiger partial charge in [0.05, 0.1) is 0 Å². The topological polar surface area (TPSA) is 57.0 Å². The normalized spacial score (nSPS) is 11.2. The first-order valence-corrected chi connectivity index (χ1v) is 3.57. The van der Waals surface area contributed by atoms with E-state index in [2.05, 4.69) is 10.1 Å². The molecule has 0 fully saturated rings. The Balaban J connectivity index is 2.63. The molecule has 0 aromatic carbocycles. The molecule has 0 amide bonds. The van der Waals surface area contributed by atoms with Crippen LogP contribution in [0.1, 0.15) is 20.8 Å². The zero-order valence-electron chi connectivity index (χ0n) is 7.31. The highest BCUT2D eigenvalue weighted by Crippen LogP contribution is 2.07. The summed E-state index contributed by atoms with van der Waals surface area (Å²) in [6.07, 6.45) is 2.07. The Morgan fingerprint density at radius 3 is 2.58 bits per heavy atom. The third kappa shape index (κ3) is 2.34. The van der Waals surface area contributed by atoms with Crippen LogP contribution in [-0.4, -0.2) is 26.5 Å². The highest BCUT2D eigenvalue weighted by Gasteiger charge is 2.17. The number of hydrogen-bond acceptors (Lipinski definition) is 4. The molecule has 0 spiro atoms. The number of aromatic nitrogens is 3. The molecule has 0 aliphatic carbocycles. The maximum atomic E-state index is 11.2. The summed E-state index contributed by atoms with van der Waals surface area (Å²) in [6, 6.07) is 0. The van der Waals surface area contributed by atoms with E-state index in [9.17, 15) is 4.79 Å². The number of ether oxygens (including phenoxy) is 1. The molecule has 1 aromatic rings. The van der Waals surface area contributed by atoms with E-state index in [0.717, 1.165) is 4.68 Å². The Bertz CT molecular complexity index is 261. The molecule has 1 aromatic heterocycles. The molecule has 0 saturated heterocycles. The molecule has 0 bridgehead atoms. The molecule has 1 rings (SSSR count). The number of rotatable bonds is 0. The molecule has 0 atom stereocenters. The van der Waals surface area contributed by atoms with E-state index >= 15 is 0 Å². The van der Waals surface area contributed by atoms with Gasteiger partial charge >= 0.3 is 6.09 Å². The molecule has 0 aliphatic rings. The van der Waals surface area contributed by atoms with E-state index in [1.54, 1.807) is 20.8 Å². The minimum absolute atomic E-state index is 0.497. The van der Waals surface area contributed by atoms with Gasteiger partial charge in [-0.05, 0) is 20.8 Å². The van der Waals surface area contributed by atoms with Crippen LogP contribution in [-0.2, 0) is 4.74 Å².